The third kappa shape index (κ3) is 4.86. The first-order valence-corrected chi connectivity index (χ1v) is 9.54. The van der Waals surface area contributed by atoms with E-state index in [2.05, 4.69) is 5.32 Å². The van der Waals surface area contributed by atoms with Crippen molar-refractivity contribution in [1.29, 1.82) is 0 Å². The molecule has 0 radical (unpaired) electrons. The van der Waals surface area contributed by atoms with Crippen LogP contribution in [0.25, 0.3) is 0 Å². The number of benzene rings is 2. The van der Waals surface area contributed by atoms with Crippen molar-refractivity contribution < 1.29 is 14.8 Å². The first-order chi connectivity index (χ1) is 13.6. The highest BCUT2D eigenvalue weighted by molar-refractivity contribution is 5.77. The van der Waals surface area contributed by atoms with Crippen molar-refractivity contribution >= 4 is 17.3 Å². The lowest BCUT2D eigenvalue weighted by molar-refractivity contribution is -0.384. The topological polar surface area (TPSA) is 95.7 Å². The molecule has 0 spiro atoms. The number of aliphatic hydroxyl groups excluding tert-OH is 1. The third-order valence-corrected chi connectivity index (χ3v) is 5.23. The second-order valence-corrected chi connectivity index (χ2v) is 7.02. The van der Waals surface area contributed by atoms with Gasteiger partial charge >= 0.3 is 0 Å². The number of carbonyl (C=O) groups is 1. The number of hydrogen-bond donors (Lipinski definition) is 2. The molecule has 28 heavy (non-hydrogen) atoms. The highest BCUT2D eigenvalue weighted by Gasteiger charge is 2.28. The number of para-hydroxylation sites is 2. The Bertz CT molecular complexity index is 804. The van der Waals surface area contributed by atoms with E-state index in [0.717, 1.165) is 18.4 Å². The molecule has 1 aliphatic rings. The Hall–Kier alpha value is -2.93. The fourth-order valence-electron chi connectivity index (χ4n) is 3.63. The molecule has 1 aliphatic heterocycles. The zero-order chi connectivity index (χ0) is 19.9. The maximum Gasteiger partial charge on any atom is 0.292 e. The molecule has 1 heterocycles. The van der Waals surface area contributed by atoms with Gasteiger partial charge in [-0.2, -0.15) is 0 Å². The Kier molecular flexibility index (Phi) is 6.60. The number of rotatable bonds is 7. The van der Waals surface area contributed by atoms with Crippen LogP contribution in [0.1, 0.15) is 30.9 Å². The molecule has 0 aromatic heterocycles. The average Bonchev–Trinajstić information content (AvgIpc) is 2.74. The van der Waals surface area contributed by atoms with Gasteiger partial charge in [0.05, 0.1) is 11.0 Å². The van der Waals surface area contributed by atoms with Gasteiger partial charge in [-0.25, -0.2) is 0 Å². The van der Waals surface area contributed by atoms with E-state index in [0.29, 0.717) is 25.3 Å². The summed E-state index contributed by atoms with van der Waals surface area (Å²) in [5.41, 5.74) is 1.34. The Morgan fingerprint density at radius 2 is 1.79 bits per heavy atom. The van der Waals surface area contributed by atoms with Crippen molar-refractivity contribution in [3.8, 4) is 0 Å². The second-order valence-electron chi connectivity index (χ2n) is 7.02. The molecule has 0 saturated carbocycles. The maximum atomic E-state index is 12.4. The average molecular weight is 383 g/mol. The Labute approximate surface area is 164 Å². The number of aliphatic hydroxyl groups is 1. The van der Waals surface area contributed by atoms with Crippen molar-refractivity contribution in [2.45, 2.75) is 25.4 Å². The van der Waals surface area contributed by atoms with E-state index in [1.807, 2.05) is 35.2 Å². The van der Waals surface area contributed by atoms with Crippen LogP contribution in [0, 0.1) is 16.0 Å². The molecule has 1 fully saturated rings. The van der Waals surface area contributed by atoms with Crippen molar-refractivity contribution in [3.05, 3.63) is 70.3 Å². The molecule has 7 heteroatoms. The maximum absolute atomic E-state index is 12.4. The predicted octanol–water partition coefficient (Wildman–Crippen LogP) is 3.37. The summed E-state index contributed by atoms with van der Waals surface area (Å²) in [6, 6.07) is 16.0. The largest absolute Gasteiger partial charge is 0.388 e. The summed E-state index contributed by atoms with van der Waals surface area (Å²) in [4.78, 5) is 24.8. The van der Waals surface area contributed by atoms with E-state index < -0.39 is 11.0 Å². The van der Waals surface area contributed by atoms with Crippen LogP contribution in [0.5, 0.6) is 0 Å². The molecule has 1 atom stereocenters. The third-order valence-electron chi connectivity index (χ3n) is 5.23. The van der Waals surface area contributed by atoms with Gasteiger partial charge in [-0.1, -0.05) is 42.5 Å². The summed E-state index contributed by atoms with van der Waals surface area (Å²) < 4.78 is 0. The van der Waals surface area contributed by atoms with E-state index in [1.54, 1.807) is 18.2 Å². The number of anilines is 1. The highest BCUT2D eigenvalue weighted by Crippen LogP contribution is 2.30. The van der Waals surface area contributed by atoms with E-state index in [4.69, 9.17) is 0 Å². The summed E-state index contributed by atoms with van der Waals surface area (Å²) in [5, 5.41) is 24.5. The van der Waals surface area contributed by atoms with Crippen LogP contribution in [-0.2, 0) is 4.79 Å². The van der Waals surface area contributed by atoms with Gasteiger partial charge < -0.3 is 15.3 Å². The molecule has 7 nitrogen and oxygen atoms in total. The van der Waals surface area contributed by atoms with Crippen LogP contribution < -0.4 is 5.32 Å². The van der Waals surface area contributed by atoms with Crippen LogP contribution in [0.2, 0.25) is 0 Å². The van der Waals surface area contributed by atoms with Gasteiger partial charge in [0.2, 0.25) is 5.91 Å². The normalized spacial score (nSPS) is 15.8. The lowest BCUT2D eigenvalue weighted by Gasteiger charge is -2.34. The van der Waals surface area contributed by atoms with Gasteiger partial charge in [0, 0.05) is 32.1 Å². The summed E-state index contributed by atoms with van der Waals surface area (Å²) >= 11 is 0. The molecule has 2 aromatic rings. The summed E-state index contributed by atoms with van der Waals surface area (Å²) in [7, 11) is 0. The van der Waals surface area contributed by atoms with Crippen LogP contribution in [0.4, 0.5) is 11.4 Å². The standard InChI is InChI=1S/C21H25N3O4/c25-20(10-13-22-18-8-4-5-9-19(18)24(27)28)23-14-11-17(12-15-23)21(26)16-6-2-1-3-7-16/h1-9,17,21-22,26H,10-15H2. The number of nitro groups is 1. The van der Waals surface area contributed by atoms with Gasteiger partial charge in [-0.05, 0) is 30.4 Å². The van der Waals surface area contributed by atoms with Crippen molar-refractivity contribution in [2.24, 2.45) is 5.92 Å². The lowest BCUT2D eigenvalue weighted by atomic mass is 9.87. The number of nitrogens with zero attached hydrogens (tertiary/aromatic N) is 2. The smallest absolute Gasteiger partial charge is 0.292 e. The zero-order valence-electron chi connectivity index (χ0n) is 15.7. The van der Waals surface area contributed by atoms with E-state index in [1.165, 1.54) is 6.07 Å². The van der Waals surface area contributed by atoms with Gasteiger partial charge in [-0.3, -0.25) is 14.9 Å². The predicted molar refractivity (Wildman–Crippen MR) is 107 cm³/mol. The number of nitro benzene ring substituents is 1. The number of hydrogen-bond acceptors (Lipinski definition) is 5. The van der Waals surface area contributed by atoms with E-state index in [-0.39, 0.29) is 23.9 Å². The van der Waals surface area contributed by atoms with Crippen molar-refractivity contribution in [1.82, 2.24) is 4.90 Å². The lowest BCUT2D eigenvalue weighted by Crippen LogP contribution is -2.40. The minimum Gasteiger partial charge on any atom is -0.388 e. The van der Waals surface area contributed by atoms with E-state index >= 15 is 0 Å². The molecule has 3 rings (SSSR count). The van der Waals surface area contributed by atoms with Gasteiger partial charge in [0.25, 0.3) is 5.69 Å². The highest BCUT2D eigenvalue weighted by atomic mass is 16.6. The quantitative estimate of drug-likeness (QED) is 0.564. The Balaban J connectivity index is 1.45. The SMILES string of the molecule is O=C(CCNc1ccccc1[N+](=O)[O-])N1CCC(C(O)c2ccccc2)CC1. The zero-order valence-corrected chi connectivity index (χ0v) is 15.7. The fourth-order valence-corrected chi connectivity index (χ4v) is 3.63. The van der Waals surface area contributed by atoms with Gasteiger partial charge in [-0.15, -0.1) is 0 Å². The molecule has 0 bridgehead atoms. The number of amides is 1. The molecule has 1 unspecified atom stereocenters. The summed E-state index contributed by atoms with van der Waals surface area (Å²) in [5.74, 6) is 0.176. The monoisotopic (exact) mass is 383 g/mol. The number of carbonyl (C=O) groups excluding carboxylic acids is 1. The molecule has 0 aliphatic carbocycles. The Morgan fingerprint density at radius 1 is 1.14 bits per heavy atom. The number of nitrogens with one attached hydrogen (secondary N) is 1. The minimum atomic E-state index is -0.501. The van der Waals surface area contributed by atoms with Crippen LogP contribution in [0.3, 0.4) is 0 Å². The van der Waals surface area contributed by atoms with Gasteiger partial charge in [0.15, 0.2) is 0 Å². The minimum absolute atomic E-state index is 0.00524. The van der Waals surface area contributed by atoms with Crippen molar-refractivity contribution in [2.75, 3.05) is 25.0 Å². The molecule has 1 amide bonds. The second kappa shape index (κ2) is 9.32. The fraction of sp³-hybridized carbons (Fsp3) is 0.381. The molecule has 148 valence electrons. The molecular weight excluding hydrogens is 358 g/mol. The molecule has 2 aromatic carbocycles. The number of likely N-dealkylation sites (tertiary alicyclic amines) is 1. The van der Waals surface area contributed by atoms with Crippen LogP contribution >= 0.6 is 0 Å². The van der Waals surface area contributed by atoms with Crippen LogP contribution in [0.15, 0.2) is 54.6 Å². The molecule has 2 N–H and O–H groups in total. The molecular formula is C21H25N3O4. The first kappa shape index (κ1) is 19.8. The summed E-state index contributed by atoms with van der Waals surface area (Å²) in [6.07, 6.45) is 1.30. The first-order valence-electron chi connectivity index (χ1n) is 9.54. The number of piperidine rings is 1. The van der Waals surface area contributed by atoms with E-state index in [9.17, 15) is 20.0 Å². The van der Waals surface area contributed by atoms with Crippen molar-refractivity contribution in [3.63, 3.8) is 0 Å². The Morgan fingerprint density at radius 3 is 2.46 bits per heavy atom. The van der Waals surface area contributed by atoms with Crippen LogP contribution in [-0.4, -0.2) is 40.5 Å². The summed E-state index contributed by atoms with van der Waals surface area (Å²) in [6.45, 7) is 1.59. The molecule has 1 saturated heterocycles. The van der Waals surface area contributed by atoms with Gasteiger partial charge in [0.1, 0.15) is 5.69 Å².